The van der Waals surface area contributed by atoms with Gasteiger partial charge in [0.05, 0.1) is 13.2 Å². The van der Waals surface area contributed by atoms with E-state index >= 15 is 0 Å². The van der Waals surface area contributed by atoms with Gasteiger partial charge in [0.2, 0.25) is 0 Å². The highest BCUT2D eigenvalue weighted by Gasteiger charge is 2.03. The average molecular weight is 278 g/mol. The molecule has 0 radical (unpaired) electrons. The molecule has 2 nitrogen and oxygen atoms in total. The maximum atomic E-state index is 5.45. The van der Waals surface area contributed by atoms with Crippen LogP contribution in [0.15, 0.2) is 24.3 Å². The Bertz CT molecular complexity index is 397. The Morgan fingerprint density at radius 2 is 1.63 bits per heavy atom. The molecule has 0 unspecified atom stereocenters. The highest BCUT2D eigenvalue weighted by molar-refractivity contribution is 7.52. The number of aryl methyl sites for hydroxylation is 1. The highest BCUT2D eigenvalue weighted by atomic mass is 31.2. The second-order valence-electron chi connectivity index (χ2n) is 4.13. The zero-order valence-corrected chi connectivity index (χ0v) is 13.0. The van der Waals surface area contributed by atoms with Crippen LogP contribution in [0.1, 0.15) is 44.7 Å². The molecule has 3 heteroatoms. The first-order valence-electron chi connectivity index (χ1n) is 6.96. The average Bonchev–Trinajstić information content (AvgIpc) is 2.44. The minimum absolute atomic E-state index is 0.635. The molecular weight excluding hydrogens is 255 g/mol. The van der Waals surface area contributed by atoms with E-state index in [0.717, 1.165) is 12.0 Å². The predicted molar refractivity (Wildman–Crippen MR) is 82.1 cm³/mol. The van der Waals surface area contributed by atoms with E-state index in [0.29, 0.717) is 13.2 Å². The van der Waals surface area contributed by atoms with Crippen LogP contribution >= 0.6 is 8.38 Å². The molecule has 0 bridgehead atoms. The van der Waals surface area contributed by atoms with Gasteiger partial charge in [0.1, 0.15) is 0 Å². The Kier molecular flexibility index (Phi) is 8.50. The van der Waals surface area contributed by atoms with Crippen LogP contribution in [0.3, 0.4) is 0 Å². The van der Waals surface area contributed by atoms with Gasteiger partial charge in [0.25, 0.3) is 8.38 Å². The maximum Gasteiger partial charge on any atom is 0.257 e. The molecule has 0 spiro atoms. The van der Waals surface area contributed by atoms with Crippen LogP contribution < -0.4 is 0 Å². The predicted octanol–water partition coefficient (Wildman–Crippen LogP) is 4.72. The Balaban J connectivity index is 2.60. The van der Waals surface area contributed by atoms with Gasteiger partial charge in [-0.3, -0.25) is 0 Å². The van der Waals surface area contributed by atoms with Crippen molar-refractivity contribution in [3.8, 4) is 11.6 Å². The largest absolute Gasteiger partial charge is 0.325 e. The zero-order valence-electron chi connectivity index (χ0n) is 12.1. The lowest BCUT2D eigenvalue weighted by atomic mass is 10.1. The molecule has 0 aliphatic rings. The molecular formula is C16H23O2P. The van der Waals surface area contributed by atoms with Gasteiger partial charge in [0, 0.05) is 5.56 Å². The van der Waals surface area contributed by atoms with Crippen LogP contribution in [-0.2, 0) is 15.5 Å². The molecule has 1 aromatic rings. The third-order valence-corrected chi connectivity index (χ3v) is 3.84. The molecule has 0 saturated heterocycles. The van der Waals surface area contributed by atoms with Gasteiger partial charge in [0.15, 0.2) is 0 Å². The summed E-state index contributed by atoms with van der Waals surface area (Å²) < 4.78 is 10.9. The van der Waals surface area contributed by atoms with Crippen molar-refractivity contribution in [1.29, 1.82) is 0 Å². The molecule has 0 atom stereocenters. The van der Waals surface area contributed by atoms with E-state index < -0.39 is 8.38 Å². The molecule has 0 aromatic heterocycles. The first-order chi connectivity index (χ1) is 9.30. The second-order valence-corrected chi connectivity index (χ2v) is 5.38. The van der Waals surface area contributed by atoms with Gasteiger partial charge in [-0.2, -0.15) is 0 Å². The summed E-state index contributed by atoms with van der Waals surface area (Å²) in [6.45, 7) is 7.40. The van der Waals surface area contributed by atoms with E-state index in [1.54, 1.807) is 0 Å². The Labute approximate surface area is 118 Å². The van der Waals surface area contributed by atoms with Crippen LogP contribution in [0.4, 0.5) is 0 Å². The molecule has 19 heavy (non-hydrogen) atoms. The smallest absolute Gasteiger partial charge is 0.257 e. The summed E-state index contributed by atoms with van der Waals surface area (Å²) >= 11 is 0. The van der Waals surface area contributed by atoms with Crippen LogP contribution in [0.2, 0.25) is 0 Å². The van der Waals surface area contributed by atoms with Gasteiger partial charge in [-0.05, 0) is 50.0 Å². The summed E-state index contributed by atoms with van der Waals surface area (Å²) in [4.78, 5) is 0. The van der Waals surface area contributed by atoms with Crippen molar-refractivity contribution in [2.45, 2.75) is 40.0 Å². The van der Waals surface area contributed by atoms with Gasteiger partial charge in [-0.25, -0.2) is 0 Å². The van der Waals surface area contributed by atoms with Crippen molar-refractivity contribution in [3.05, 3.63) is 35.4 Å². The second kappa shape index (κ2) is 9.98. The van der Waals surface area contributed by atoms with Crippen molar-refractivity contribution in [1.82, 2.24) is 0 Å². The maximum absolute atomic E-state index is 5.45. The first kappa shape index (κ1) is 16.2. The fraction of sp³-hybridized carbons (Fsp3) is 0.500. The van der Waals surface area contributed by atoms with Crippen molar-refractivity contribution in [2.75, 3.05) is 13.2 Å². The third-order valence-electron chi connectivity index (χ3n) is 2.56. The molecule has 0 N–H and O–H groups in total. The summed E-state index contributed by atoms with van der Waals surface area (Å²) in [7, 11) is -1.06. The summed E-state index contributed by atoms with van der Waals surface area (Å²) in [5.74, 6) is 3.13. The quantitative estimate of drug-likeness (QED) is 0.530. The number of unbranched alkanes of at least 4 members (excludes halogenated alkanes) is 1. The van der Waals surface area contributed by atoms with E-state index in [1.165, 1.54) is 18.4 Å². The van der Waals surface area contributed by atoms with Crippen molar-refractivity contribution in [2.24, 2.45) is 0 Å². The zero-order chi connectivity index (χ0) is 13.9. The molecule has 0 aliphatic carbocycles. The normalized spacial score (nSPS) is 10.3. The van der Waals surface area contributed by atoms with E-state index in [-0.39, 0.29) is 0 Å². The van der Waals surface area contributed by atoms with Crippen molar-refractivity contribution < 1.29 is 9.05 Å². The Morgan fingerprint density at radius 1 is 1.00 bits per heavy atom. The van der Waals surface area contributed by atoms with Crippen molar-refractivity contribution >= 4 is 8.38 Å². The minimum atomic E-state index is -1.06. The van der Waals surface area contributed by atoms with Crippen molar-refractivity contribution in [3.63, 3.8) is 0 Å². The SMILES string of the molecule is CCCCc1ccc(C#CP(OCC)OCC)cc1. The van der Waals surface area contributed by atoms with Crippen LogP contribution in [0.25, 0.3) is 0 Å². The number of hydrogen-bond donors (Lipinski definition) is 0. The number of hydrogen-bond acceptors (Lipinski definition) is 2. The van der Waals surface area contributed by atoms with E-state index in [1.807, 2.05) is 13.8 Å². The lowest BCUT2D eigenvalue weighted by Gasteiger charge is -2.07. The van der Waals surface area contributed by atoms with E-state index in [4.69, 9.17) is 9.05 Å². The number of benzene rings is 1. The van der Waals surface area contributed by atoms with Crippen LogP contribution in [-0.4, -0.2) is 13.2 Å². The summed E-state index contributed by atoms with van der Waals surface area (Å²) in [6.07, 6.45) is 3.62. The Hall–Kier alpha value is -0.870. The molecule has 1 rings (SSSR count). The van der Waals surface area contributed by atoms with Gasteiger partial charge in [-0.15, -0.1) is 0 Å². The number of rotatable bonds is 7. The fourth-order valence-electron chi connectivity index (χ4n) is 1.58. The molecule has 0 aliphatic heterocycles. The Morgan fingerprint density at radius 3 is 2.16 bits per heavy atom. The summed E-state index contributed by atoms with van der Waals surface area (Å²) in [5, 5.41) is 0. The molecule has 1 aromatic carbocycles. The first-order valence-corrected chi connectivity index (χ1v) is 8.14. The molecule has 0 amide bonds. The summed E-state index contributed by atoms with van der Waals surface area (Å²) in [5.41, 5.74) is 5.47. The summed E-state index contributed by atoms with van der Waals surface area (Å²) in [6, 6.07) is 8.46. The topological polar surface area (TPSA) is 18.5 Å². The van der Waals surface area contributed by atoms with Crippen LogP contribution in [0.5, 0.6) is 0 Å². The van der Waals surface area contributed by atoms with E-state index in [9.17, 15) is 0 Å². The molecule has 0 heterocycles. The van der Waals surface area contributed by atoms with Gasteiger partial charge in [-0.1, -0.05) is 31.4 Å². The monoisotopic (exact) mass is 278 g/mol. The third kappa shape index (κ3) is 6.73. The molecule has 0 fully saturated rings. The fourth-order valence-corrected chi connectivity index (χ4v) is 2.48. The lowest BCUT2D eigenvalue weighted by Crippen LogP contribution is -1.88. The molecule has 0 saturated carbocycles. The standard InChI is InChI=1S/C16H23O2P/c1-4-7-8-15-9-11-16(12-10-15)13-14-19(17-5-2)18-6-3/h9-12H,4-8H2,1-3H3. The lowest BCUT2D eigenvalue weighted by molar-refractivity contribution is 0.278. The van der Waals surface area contributed by atoms with Gasteiger partial charge >= 0.3 is 0 Å². The van der Waals surface area contributed by atoms with Crippen LogP contribution in [0, 0.1) is 11.6 Å². The minimum Gasteiger partial charge on any atom is -0.325 e. The highest BCUT2D eigenvalue weighted by Crippen LogP contribution is 2.36. The molecule has 104 valence electrons. The van der Waals surface area contributed by atoms with Gasteiger partial charge < -0.3 is 9.05 Å². The van der Waals surface area contributed by atoms with E-state index in [2.05, 4.69) is 42.8 Å².